The number of halogens is 3. The largest absolute Gasteiger partial charge is 0.433 e. The normalized spacial score (nSPS) is 12.2. The number of nitrogens with one attached hydrogen (secondary N) is 1. The lowest BCUT2D eigenvalue weighted by atomic mass is 10.1. The SMILES string of the molecule is Cc1ccc(Nc2ccc(C(F)(F)F)nc2)c(-c2cn(C)cn2)c1S(N)(=O)=O. The summed E-state index contributed by atoms with van der Waals surface area (Å²) in [4.78, 5) is 7.47. The maximum atomic E-state index is 12.7. The van der Waals surface area contributed by atoms with Gasteiger partial charge in [-0.25, -0.2) is 23.5 Å². The Morgan fingerprint density at radius 1 is 1.14 bits per heavy atom. The number of aryl methyl sites for hydroxylation is 2. The minimum Gasteiger partial charge on any atom is -0.354 e. The monoisotopic (exact) mass is 411 g/mol. The fourth-order valence-corrected chi connectivity index (χ4v) is 3.76. The van der Waals surface area contributed by atoms with Crippen LogP contribution in [-0.4, -0.2) is 23.0 Å². The zero-order chi connectivity index (χ0) is 20.7. The lowest BCUT2D eigenvalue weighted by Gasteiger charge is -2.16. The van der Waals surface area contributed by atoms with Crippen LogP contribution >= 0.6 is 0 Å². The third kappa shape index (κ3) is 3.99. The molecule has 0 amide bonds. The molecule has 0 aliphatic carbocycles. The number of nitrogens with two attached hydrogens (primary N) is 1. The van der Waals surface area contributed by atoms with Crippen molar-refractivity contribution in [2.24, 2.45) is 12.2 Å². The summed E-state index contributed by atoms with van der Waals surface area (Å²) in [7, 11) is -2.38. The molecule has 0 saturated carbocycles. The fraction of sp³-hybridized carbons (Fsp3) is 0.176. The third-order valence-corrected chi connectivity index (χ3v) is 5.03. The van der Waals surface area contributed by atoms with Crippen molar-refractivity contribution in [1.82, 2.24) is 14.5 Å². The molecule has 0 fully saturated rings. The highest BCUT2D eigenvalue weighted by Gasteiger charge is 2.32. The van der Waals surface area contributed by atoms with Gasteiger partial charge in [-0.05, 0) is 30.7 Å². The van der Waals surface area contributed by atoms with Gasteiger partial charge >= 0.3 is 6.18 Å². The van der Waals surface area contributed by atoms with Crippen LogP contribution < -0.4 is 10.5 Å². The van der Waals surface area contributed by atoms with Crippen LogP contribution in [-0.2, 0) is 23.2 Å². The van der Waals surface area contributed by atoms with Gasteiger partial charge in [0.1, 0.15) is 5.69 Å². The molecule has 0 aliphatic heterocycles. The number of pyridine rings is 1. The van der Waals surface area contributed by atoms with Crippen molar-refractivity contribution < 1.29 is 21.6 Å². The molecule has 3 rings (SSSR count). The fourth-order valence-electron chi connectivity index (χ4n) is 2.74. The maximum absolute atomic E-state index is 12.7. The van der Waals surface area contributed by atoms with Crippen LogP contribution in [0.4, 0.5) is 24.5 Å². The Balaban J connectivity index is 2.13. The van der Waals surface area contributed by atoms with Crippen LogP contribution in [0.15, 0.2) is 47.9 Å². The summed E-state index contributed by atoms with van der Waals surface area (Å²) in [5.74, 6) is 0. The topological polar surface area (TPSA) is 103 Å². The molecular formula is C17H16F3N5O2S. The van der Waals surface area contributed by atoms with Crippen LogP contribution in [0.1, 0.15) is 11.3 Å². The molecule has 3 aromatic rings. The zero-order valence-electron chi connectivity index (χ0n) is 14.8. The molecule has 3 N–H and O–H groups in total. The summed E-state index contributed by atoms with van der Waals surface area (Å²) in [6, 6.07) is 5.18. The number of rotatable bonds is 4. The Morgan fingerprint density at radius 3 is 2.36 bits per heavy atom. The van der Waals surface area contributed by atoms with Gasteiger partial charge in [0.05, 0.1) is 28.8 Å². The number of sulfonamides is 1. The van der Waals surface area contributed by atoms with Crippen LogP contribution in [0.3, 0.4) is 0 Å². The highest BCUT2D eigenvalue weighted by Crippen LogP contribution is 2.37. The summed E-state index contributed by atoms with van der Waals surface area (Å²) in [5, 5.41) is 8.30. The number of benzene rings is 1. The number of alkyl halides is 3. The van der Waals surface area contributed by atoms with E-state index in [4.69, 9.17) is 5.14 Å². The van der Waals surface area contributed by atoms with E-state index in [2.05, 4.69) is 15.3 Å². The molecule has 0 aliphatic rings. The molecule has 1 aromatic carbocycles. The Labute approximate surface area is 159 Å². The lowest BCUT2D eigenvalue weighted by molar-refractivity contribution is -0.141. The van der Waals surface area contributed by atoms with E-state index in [1.165, 1.54) is 12.4 Å². The Bertz CT molecular complexity index is 1120. The van der Waals surface area contributed by atoms with Crippen molar-refractivity contribution in [2.75, 3.05) is 5.32 Å². The molecule has 0 saturated heterocycles. The number of anilines is 2. The van der Waals surface area contributed by atoms with Gasteiger partial charge in [-0.3, -0.25) is 0 Å². The third-order valence-electron chi connectivity index (χ3n) is 3.93. The Morgan fingerprint density at radius 2 is 1.86 bits per heavy atom. The lowest BCUT2D eigenvalue weighted by Crippen LogP contribution is -2.16. The van der Waals surface area contributed by atoms with E-state index in [1.807, 2.05) is 0 Å². The molecule has 148 valence electrons. The summed E-state index contributed by atoms with van der Waals surface area (Å²) in [5.41, 5.74) is 0.515. The van der Waals surface area contributed by atoms with Gasteiger partial charge in [0.2, 0.25) is 10.0 Å². The predicted molar refractivity (Wildman–Crippen MR) is 97.3 cm³/mol. The first kappa shape index (κ1) is 19.8. The minimum atomic E-state index is -4.55. The number of primary sulfonamides is 1. The summed E-state index contributed by atoms with van der Waals surface area (Å²) in [6.45, 7) is 1.59. The van der Waals surface area contributed by atoms with Crippen molar-refractivity contribution in [2.45, 2.75) is 18.0 Å². The summed E-state index contributed by atoms with van der Waals surface area (Å²) in [6.07, 6.45) is -0.433. The molecule has 0 spiro atoms. The average molecular weight is 411 g/mol. The Hall–Kier alpha value is -2.92. The van der Waals surface area contributed by atoms with Gasteiger partial charge in [0.25, 0.3) is 0 Å². The van der Waals surface area contributed by atoms with E-state index in [-0.39, 0.29) is 16.1 Å². The number of nitrogens with zero attached hydrogens (tertiary/aromatic N) is 3. The number of imidazole rings is 1. The number of aromatic nitrogens is 3. The molecule has 2 aromatic heterocycles. The van der Waals surface area contributed by atoms with Crippen LogP contribution in [0.5, 0.6) is 0 Å². The molecule has 28 heavy (non-hydrogen) atoms. The first-order valence-electron chi connectivity index (χ1n) is 7.92. The first-order valence-corrected chi connectivity index (χ1v) is 9.46. The second kappa shape index (κ2) is 6.91. The quantitative estimate of drug-likeness (QED) is 0.686. The van der Waals surface area contributed by atoms with Gasteiger partial charge in [-0.2, -0.15) is 13.2 Å². The highest BCUT2D eigenvalue weighted by molar-refractivity contribution is 7.89. The van der Waals surface area contributed by atoms with Crippen molar-refractivity contribution in [3.8, 4) is 11.3 Å². The van der Waals surface area contributed by atoms with Gasteiger partial charge in [0.15, 0.2) is 0 Å². The molecule has 0 radical (unpaired) electrons. The highest BCUT2D eigenvalue weighted by atomic mass is 32.2. The van der Waals surface area contributed by atoms with Gasteiger partial charge in [0, 0.05) is 24.5 Å². The van der Waals surface area contributed by atoms with Gasteiger partial charge in [-0.15, -0.1) is 0 Å². The second-order valence-electron chi connectivity index (χ2n) is 6.16. The predicted octanol–water partition coefficient (Wildman–Crippen LogP) is 3.20. The van der Waals surface area contributed by atoms with E-state index >= 15 is 0 Å². The zero-order valence-corrected chi connectivity index (χ0v) is 15.6. The number of hydrogen-bond acceptors (Lipinski definition) is 5. The van der Waals surface area contributed by atoms with E-state index in [0.717, 1.165) is 12.3 Å². The summed E-state index contributed by atoms with van der Waals surface area (Å²) < 4.78 is 64.1. The van der Waals surface area contributed by atoms with Crippen LogP contribution in [0, 0.1) is 6.92 Å². The second-order valence-corrected chi connectivity index (χ2v) is 7.66. The minimum absolute atomic E-state index is 0.115. The van der Waals surface area contributed by atoms with E-state index < -0.39 is 21.9 Å². The Kier molecular flexibility index (Phi) is 4.90. The van der Waals surface area contributed by atoms with Crippen molar-refractivity contribution in [3.05, 3.63) is 54.2 Å². The summed E-state index contributed by atoms with van der Waals surface area (Å²) >= 11 is 0. The van der Waals surface area contributed by atoms with E-state index in [9.17, 15) is 21.6 Å². The molecule has 0 unspecified atom stereocenters. The van der Waals surface area contributed by atoms with Crippen LogP contribution in [0.25, 0.3) is 11.3 Å². The van der Waals surface area contributed by atoms with Crippen LogP contribution in [0.2, 0.25) is 0 Å². The standard InChI is InChI=1S/C17H16F3N5O2S/c1-10-3-5-12(24-11-4-6-14(22-7-11)17(18,19)20)15(16(10)28(21,26)27)13-8-25(2)9-23-13/h3-9,24H,1-2H3,(H2,21,26,27). The van der Waals surface area contributed by atoms with Gasteiger partial charge < -0.3 is 9.88 Å². The molecule has 0 atom stereocenters. The maximum Gasteiger partial charge on any atom is 0.433 e. The van der Waals surface area contributed by atoms with Crippen molar-refractivity contribution >= 4 is 21.4 Å². The molecular weight excluding hydrogens is 395 g/mol. The van der Waals surface area contributed by atoms with Gasteiger partial charge in [-0.1, -0.05) is 6.07 Å². The molecule has 7 nitrogen and oxygen atoms in total. The first-order chi connectivity index (χ1) is 13.0. The molecule has 0 bridgehead atoms. The average Bonchev–Trinajstić information content (AvgIpc) is 3.01. The molecule has 2 heterocycles. The smallest absolute Gasteiger partial charge is 0.354 e. The number of hydrogen-bond donors (Lipinski definition) is 2. The molecule has 11 heteroatoms. The van der Waals surface area contributed by atoms with Crippen molar-refractivity contribution in [1.29, 1.82) is 0 Å². The van der Waals surface area contributed by atoms with Crippen molar-refractivity contribution in [3.63, 3.8) is 0 Å². The van der Waals surface area contributed by atoms with E-state index in [0.29, 0.717) is 16.9 Å². The van der Waals surface area contributed by atoms with E-state index in [1.54, 1.807) is 36.9 Å².